The molecule has 1 amide bonds. The van der Waals surface area contributed by atoms with E-state index in [1.54, 1.807) is 16.8 Å². The lowest BCUT2D eigenvalue weighted by Gasteiger charge is -1.95. The number of hydrogen-bond acceptors (Lipinski definition) is 7. The molecule has 0 unspecified atom stereocenters. The van der Waals surface area contributed by atoms with E-state index in [9.17, 15) is 4.79 Å². The van der Waals surface area contributed by atoms with Crippen LogP contribution in [0.2, 0.25) is 0 Å². The number of thiazole rings is 2. The van der Waals surface area contributed by atoms with Crippen molar-refractivity contribution in [2.24, 2.45) is 0 Å². The summed E-state index contributed by atoms with van der Waals surface area (Å²) in [6.45, 7) is 0. The molecular weight excluding hydrogens is 296 g/mol. The van der Waals surface area contributed by atoms with Gasteiger partial charge in [0.25, 0.3) is 5.91 Å². The Bertz CT molecular complexity index is 910. The summed E-state index contributed by atoms with van der Waals surface area (Å²) in [5, 5.41) is 3.24. The Hall–Kier alpha value is -2.32. The summed E-state index contributed by atoms with van der Waals surface area (Å²) in [6.07, 6.45) is 2.58. The van der Waals surface area contributed by atoms with Crippen LogP contribution in [-0.2, 0) is 0 Å². The Labute approximate surface area is 120 Å². The maximum atomic E-state index is 11.9. The third kappa shape index (κ3) is 1.77. The summed E-state index contributed by atoms with van der Waals surface area (Å²) in [6, 6.07) is 3.83. The van der Waals surface area contributed by atoms with Crippen LogP contribution < -0.4 is 5.32 Å². The van der Waals surface area contributed by atoms with E-state index < -0.39 is 0 Å². The lowest BCUT2D eigenvalue weighted by molar-refractivity contribution is 0.0996. The van der Waals surface area contributed by atoms with Crippen LogP contribution in [0.5, 0.6) is 0 Å². The van der Waals surface area contributed by atoms with Gasteiger partial charge in [-0.25, -0.2) is 15.0 Å². The van der Waals surface area contributed by atoms with Crippen molar-refractivity contribution in [1.29, 1.82) is 0 Å². The number of anilines is 1. The first kappa shape index (κ1) is 11.5. The number of amides is 1. The van der Waals surface area contributed by atoms with E-state index in [2.05, 4.69) is 20.3 Å². The van der Waals surface area contributed by atoms with Gasteiger partial charge in [0.1, 0.15) is 0 Å². The lowest BCUT2D eigenvalue weighted by atomic mass is 10.3. The summed E-state index contributed by atoms with van der Waals surface area (Å²) in [4.78, 5) is 24.3. The molecule has 1 N–H and O–H groups in total. The van der Waals surface area contributed by atoms with E-state index in [0.717, 1.165) is 20.4 Å². The molecule has 0 atom stereocenters. The summed E-state index contributed by atoms with van der Waals surface area (Å²) < 4.78 is 7.05. The number of nitrogens with zero attached hydrogens (tertiary/aromatic N) is 3. The van der Waals surface area contributed by atoms with Crippen molar-refractivity contribution >= 4 is 54.1 Å². The van der Waals surface area contributed by atoms with Gasteiger partial charge in [0.05, 0.1) is 32.1 Å². The maximum absolute atomic E-state index is 11.9. The van der Waals surface area contributed by atoms with Gasteiger partial charge in [0.15, 0.2) is 11.5 Å². The minimum Gasteiger partial charge on any atom is -0.438 e. The number of hydrogen-bond donors (Lipinski definition) is 1. The van der Waals surface area contributed by atoms with Gasteiger partial charge >= 0.3 is 0 Å². The minimum absolute atomic E-state index is 0.159. The molecule has 6 nitrogen and oxygen atoms in total. The van der Waals surface area contributed by atoms with Gasteiger partial charge in [-0.05, 0) is 12.1 Å². The number of carbonyl (C=O) groups is 1. The van der Waals surface area contributed by atoms with Crippen molar-refractivity contribution in [3.63, 3.8) is 0 Å². The first-order valence-electron chi connectivity index (χ1n) is 5.64. The van der Waals surface area contributed by atoms with Crippen LogP contribution in [0.1, 0.15) is 10.6 Å². The van der Waals surface area contributed by atoms with Crippen LogP contribution in [0.15, 0.2) is 34.7 Å². The zero-order valence-corrected chi connectivity index (χ0v) is 11.5. The standard InChI is InChI=1S/C12H6N4O2S2/c17-11(8-3-13-4-18-8)16-12-15-7-2-1-6-9(10(7)20-12)19-5-14-6/h1-5H,(H,15,16,17). The molecule has 20 heavy (non-hydrogen) atoms. The second-order valence-electron chi connectivity index (χ2n) is 3.95. The van der Waals surface area contributed by atoms with E-state index in [1.165, 1.54) is 23.9 Å². The third-order valence-electron chi connectivity index (χ3n) is 2.73. The largest absolute Gasteiger partial charge is 0.438 e. The number of nitrogens with one attached hydrogen (secondary N) is 1. The lowest BCUT2D eigenvalue weighted by Crippen LogP contribution is -2.10. The molecule has 4 aromatic rings. The molecule has 0 saturated heterocycles. The van der Waals surface area contributed by atoms with Gasteiger partial charge in [0, 0.05) is 0 Å². The number of oxazole rings is 1. The second kappa shape index (κ2) is 4.36. The Kier molecular flexibility index (Phi) is 2.51. The van der Waals surface area contributed by atoms with Crippen molar-refractivity contribution in [2.75, 3.05) is 5.32 Å². The van der Waals surface area contributed by atoms with E-state index in [4.69, 9.17) is 4.42 Å². The molecule has 0 saturated carbocycles. The zero-order chi connectivity index (χ0) is 13.5. The predicted octanol–water partition coefficient (Wildman–Crippen LogP) is 3.15. The molecule has 98 valence electrons. The molecular formula is C12H6N4O2S2. The fourth-order valence-corrected chi connectivity index (χ4v) is 3.74. The zero-order valence-electron chi connectivity index (χ0n) is 9.86. The molecule has 0 aliphatic heterocycles. The number of fused-ring (bicyclic) bond motifs is 3. The van der Waals surface area contributed by atoms with Crippen LogP contribution in [0.4, 0.5) is 5.13 Å². The van der Waals surface area contributed by atoms with E-state index in [-0.39, 0.29) is 11.7 Å². The first-order valence-corrected chi connectivity index (χ1v) is 7.33. The highest BCUT2D eigenvalue weighted by atomic mass is 32.1. The summed E-state index contributed by atoms with van der Waals surface area (Å²) in [5.41, 5.74) is 3.59. The molecule has 0 aliphatic carbocycles. The van der Waals surface area contributed by atoms with Gasteiger partial charge in [-0.2, -0.15) is 0 Å². The molecule has 0 radical (unpaired) electrons. The van der Waals surface area contributed by atoms with Crippen LogP contribution in [0.3, 0.4) is 0 Å². The molecule has 3 heterocycles. The molecule has 8 heteroatoms. The van der Waals surface area contributed by atoms with Gasteiger partial charge < -0.3 is 4.42 Å². The SMILES string of the molecule is O=C(Nc1nc2ccc3ncsc3c2s1)c1cnco1. The van der Waals surface area contributed by atoms with Gasteiger partial charge in [-0.3, -0.25) is 10.1 Å². The van der Waals surface area contributed by atoms with Crippen molar-refractivity contribution in [3.8, 4) is 0 Å². The highest BCUT2D eigenvalue weighted by Gasteiger charge is 2.14. The maximum Gasteiger partial charge on any atom is 0.294 e. The normalized spacial score (nSPS) is 11.2. The minimum atomic E-state index is -0.359. The van der Waals surface area contributed by atoms with Crippen LogP contribution in [0, 0.1) is 0 Å². The molecule has 4 rings (SSSR count). The van der Waals surface area contributed by atoms with Crippen molar-refractivity contribution < 1.29 is 9.21 Å². The molecule has 3 aromatic heterocycles. The molecule has 0 bridgehead atoms. The summed E-state index contributed by atoms with van der Waals surface area (Å²) >= 11 is 2.99. The molecule has 0 aliphatic rings. The third-order valence-corrected chi connectivity index (χ3v) is 4.72. The topological polar surface area (TPSA) is 80.9 Å². The Morgan fingerprint density at radius 1 is 1.25 bits per heavy atom. The highest BCUT2D eigenvalue weighted by molar-refractivity contribution is 7.28. The number of benzene rings is 1. The molecule has 1 aromatic carbocycles. The number of aromatic nitrogens is 3. The van der Waals surface area contributed by atoms with Gasteiger partial charge in [0.2, 0.25) is 5.76 Å². The quantitative estimate of drug-likeness (QED) is 0.615. The van der Waals surface area contributed by atoms with E-state index in [1.807, 2.05) is 12.1 Å². The average molecular weight is 302 g/mol. The van der Waals surface area contributed by atoms with Crippen molar-refractivity contribution in [2.45, 2.75) is 0 Å². The summed E-state index contributed by atoms with van der Waals surface area (Å²) in [7, 11) is 0. The smallest absolute Gasteiger partial charge is 0.294 e. The van der Waals surface area contributed by atoms with Crippen molar-refractivity contribution in [1.82, 2.24) is 15.0 Å². The highest BCUT2D eigenvalue weighted by Crippen LogP contribution is 2.34. The van der Waals surface area contributed by atoms with Crippen LogP contribution >= 0.6 is 22.7 Å². The predicted molar refractivity (Wildman–Crippen MR) is 77.3 cm³/mol. The fraction of sp³-hybridized carbons (Fsp3) is 0. The molecule has 0 spiro atoms. The first-order chi connectivity index (χ1) is 9.81. The van der Waals surface area contributed by atoms with Crippen LogP contribution in [0.25, 0.3) is 20.4 Å². The van der Waals surface area contributed by atoms with Gasteiger partial charge in [-0.1, -0.05) is 11.3 Å². The average Bonchev–Trinajstić information content (AvgIpc) is 3.17. The van der Waals surface area contributed by atoms with Gasteiger partial charge in [-0.15, -0.1) is 11.3 Å². The Morgan fingerprint density at radius 2 is 2.15 bits per heavy atom. The fourth-order valence-electron chi connectivity index (χ4n) is 1.85. The second-order valence-corrected chi connectivity index (χ2v) is 5.81. The monoisotopic (exact) mass is 302 g/mol. The Morgan fingerprint density at radius 3 is 3.00 bits per heavy atom. The molecule has 0 fully saturated rings. The van der Waals surface area contributed by atoms with Crippen LogP contribution in [-0.4, -0.2) is 20.9 Å². The Balaban J connectivity index is 1.75. The van der Waals surface area contributed by atoms with E-state index >= 15 is 0 Å². The summed E-state index contributed by atoms with van der Waals surface area (Å²) in [5.74, 6) is -0.200. The van der Waals surface area contributed by atoms with Crippen molar-refractivity contribution in [3.05, 3.63) is 36.0 Å². The van der Waals surface area contributed by atoms with E-state index in [0.29, 0.717) is 5.13 Å². The number of carbonyl (C=O) groups excluding carboxylic acids is 1. The number of rotatable bonds is 2.